The van der Waals surface area contributed by atoms with E-state index in [2.05, 4.69) is 17.6 Å². The summed E-state index contributed by atoms with van der Waals surface area (Å²) in [6.45, 7) is 3.63. The van der Waals surface area contributed by atoms with Crippen LogP contribution in [-0.4, -0.2) is 24.7 Å². The Morgan fingerprint density at radius 3 is 2.24 bits per heavy atom. The van der Waals surface area contributed by atoms with Gasteiger partial charge in [0.05, 0.1) is 0 Å². The van der Waals surface area contributed by atoms with Crippen LogP contribution in [0.25, 0.3) is 0 Å². The van der Waals surface area contributed by atoms with Crippen LogP contribution >= 0.6 is 0 Å². The van der Waals surface area contributed by atoms with Crippen molar-refractivity contribution in [3.05, 3.63) is 0 Å². The Bertz CT molecular complexity index is 347. The van der Waals surface area contributed by atoms with Crippen LogP contribution in [0.5, 0.6) is 0 Å². The topological polar surface area (TPSA) is 67.1 Å². The van der Waals surface area contributed by atoms with Crippen LogP contribution in [0.2, 0.25) is 0 Å². The van der Waals surface area contributed by atoms with Crippen molar-refractivity contribution in [3.8, 4) is 0 Å². The van der Waals surface area contributed by atoms with Crippen molar-refractivity contribution in [2.45, 2.75) is 63.8 Å². The van der Waals surface area contributed by atoms with Gasteiger partial charge >= 0.3 is 6.03 Å². The molecule has 4 bridgehead atoms. The van der Waals surface area contributed by atoms with E-state index in [-0.39, 0.29) is 11.6 Å². The van der Waals surface area contributed by atoms with E-state index in [0.29, 0.717) is 12.5 Å². The monoisotopic (exact) mass is 293 g/mol. The third kappa shape index (κ3) is 3.36. The first-order valence-corrected chi connectivity index (χ1v) is 8.88. The van der Waals surface area contributed by atoms with E-state index in [4.69, 9.17) is 5.73 Å². The Hall–Kier alpha value is -0.770. The molecule has 0 aliphatic heterocycles. The SMILES string of the molecule is CCC(CCN)CNC(=O)NC12CC3CC(CC(C3)C1)C2. The number of hydrogen-bond acceptors (Lipinski definition) is 2. The molecule has 4 rings (SSSR count). The van der Waals surface area contributed by atoms with Crippen LogP contribution in [0.3, 0.4) is 0 Å². The van der Waals surface area contributed by atoms with Crippen LogP contribution in [0, 0.1) is 23.7 Å². The van der Waals surface area contributed by atoms with Crippen LogP contribution in [0.4, 0.5) is 4.79 Å². The van der Waals surface area contributed by atoms with Gasteiger partial charge in [-0.3, -0.25) is 0 Å². The number of rotatable bonds is 6. The molecule has 0 spiro atoms. The highest BCUT2D eigenvalue weighted by Gasteiger charge is 2.51. The fourth-order valence-electron chi connectivity index (χ4n) is 5.47. The molecule has 4 nitrogen and oxygen atoms in total. The zero-order valence-electron chi connectivity index (χ0n) is 13.4. The summed E-state index contributed by atoms with van der Waals surface area (Å²) >= 11 is 0. The molecule has 120 valence electrons. The molecule has 4 aliphatic carbocycles. The van der Waals surface area contributed by atoms with Crippen LogP contribution in [0.15, 0.2) is 0 Å². The third-order valence-corrected chi connectivity index (χ3v) is 6.12. The number of nitrogens with one attached hydrogen (secondary N) is 2. The highest BCUT2D eigenvalue weighted by molar-refractivity contribution is 5.74. The second-order valence-corrected chi connectivity index (χ2v) is 7.88. The molecule has 0 aromatic rings. The predicted octanol–water partition coefficient (Wildman–Crippen LogP) is 2.63. The predicted molar refractivity (Wildman–Crippen MR) is 84.9 cm³/mol. The molecule has 4 heteroatoms. The molecule has 0 saturated heterocycles. The Kier molecular flexibility index (Phi) is 4.43. The summed E-state index contributed by atoms with van der Waals surface area (Å²) in [5.74, 6) is 3.13. The van der Waals surface area contributed by atoms with E-state index >= 15 is 0 Å². The van der Waals surface area contributed by atoms with E-state index in [1.807, 2.05) is 0 Å². The van der Waals surface area contributed by atoms with E-state index in [1.165, 1.54) is 38.5 Å². The summed E-state index contributed by atoms with van der Waals surface area (Å²) in [4.78, 5) is 12.3. The highest BCUT2D eigenvalue weighted by atomic mass is 16.2. The van der Waals surface area contributed by atoms with Crippen LogP contribution in [0.1, 0.15) is 58.3 Å². The Labute approximate surface area is 128 Å². The number of urea groups is 1. The van der Waals surface area contributed by atoms with Gasteiger partial charge in [0.15, 0.2) is 0 Å². The third-order valence-electron chi connectivity index (χ3n) is 6.12. The number of carbonyl (C=O) groups is 1. The smallest absolute Gasteiger partial charge is 0.315 e. The molecule has 0 aromatic carbocycles. The van der Waals surface area contributed by atoms with Crippen molar-refractivity contribution in [3.63, 3.8) is 0 Å². The standard InChI is InChI=1S/C17H31N3O/c1-2-12(3-4-18)11-19-16(21)20-17-8-13-5-14(9-17)7-15(6-13)10-17/h12-15H,2-11,18H2,1H3,(H2,19,20,21). The van der Waals surface area contributed by atoms with Gasteiger partial charge in [0.25, 0.3) is 0 Å². The van der Waals surface area contributed by atoms with Gasteiger partial charge in [-0.05, 0) is 75.2 Å². The minimum atomic E-state index is 0.0485. The lowest BCUT2D eigenvalue weighted by molar-refractivity contribution is -0.0135. The van der Waals surface area contributed by atoms with Crippen molar-refractivity contribution >= 4 is 6.03 Å². The number of amides is 2. The summed E-state index contributed by atoms with van der Waals surface area (Å²) in [5, 5.41) is 6.45. The number of nitrogens with two attached hydrogens (primary N) is 1. The lowest BCUT2D eigenvalue weighted by Crippen LogP contribution is -2.61. The molecule has 21 heavy (non-hydrogen) atoms. The van der Waals surface area contributed by atoms with E-state index in [1.54, 1.807) is 0 Å². The molecule has 4 N–H and O–H groups in total. The van der Waals surface area contributed by atoms with Crippen molar-refractivity contribution < 1.29 is 4.79 Å². The molecule has 1 unspecified atom stereocenters. The fourth-order valence-corrected chi connectivity index (χ4v) is 5.47. The normalized spacial score (nSPS) is 38.3. The van der Waals surface area contributed by atoms with Gasteiger partial charge in [-0.15, -0.1) is 0 Å². The highest BCUT2D eigenvalue weighted by Crippen LogP contribution is 2.55. The minimum Gasteiger partial charge on any atom is -0.338 e. The summed E-state index contributed by atoms with van der Waals surface area (Å²) in [7, 11) is 0. The fraction of sp³-hybridized carbons (Fsp3) is 0.941. The summed E-state index contributed by atoms with van der Waals surface area (Å²) in [6.07, 6.45) is 9.96. The first-order chi connectivity index (χ1) is 10.1. The van der Waals surface area contributed by atoms with Crippen molar-refractivity contribution in [1.29, 1.82) is 0 Å². The van der Waals surface area contributed by atoms with Crippen molar-refractivity contribution in [1.82, 2.24) is 10.6 Å². The van der Waals surface area contributed by atoms with Gasteiger partial charge in [0.2, 0.25) is 0 Å². The first-order valence-electron chi connectivity index (χ1n) is 8.88. The average Bonchev–Trinajstić information content (AvgIpc) is 2.41. The summed E-state index contributed by atoms with van der Waals surface area (Å²) < 4.78 is 0. The van der Waals surface area contributed by atoms with Gasteiger partial charge in [-0.2, -0.15) is 0 Å². The maximum atomic E-state index is 12.3. The van der Waals surface area contributed by atoms with Gasteiger partial charge in [-0.1, -0.05) is 13.3 Å². The van der Waals surface area contributed by atoms with Crippen molar-refractivity contribution in [2.24, 2.45) is 29.4 Å². The summed E-state index contributed by atoms with van der Waals surface area (Å²) in [5.41, 5.74) is 5.74. The Morgan fingerprint density at radius 1 is 1.19 bits per heavy atom. The Balaban J connectivity index is 1.50. The maximum Gasteiger partial charge on any atom is 0.315 e. The van der Waals surface area contributed by atoms with Crippen LogP contribution in [-0.2, 0) is 0 Å². The van der Waals surface area contributed by atoms with Crippen molar-refractivity contribution in [2.75, 3.05) is 13.1 Å². The van der Waals surface area contributed by atoms with Gasteiger partial charge in [0.1, 0.15) is 0 Å². The van der Waals surface area contributed by atoms with Gasteiger partial charge in [-0.25, -0.2) is 4.79 Å². The first kappa shape index (κ1) is 15.1. The second-order valence-electron chi connectivity index (χ2n) is 7.88. The van der Waals surface area contributed by atoms with Gasteiger partial charge in [0, 0.05) is 12.1 Å². The molecule has 2 amide bonds. The molecule has 4 saturated carbocycles. The molecule has 4 aliphatic rings. The molecule has 0 radical (unpaired) electrons. The zero-order valence-corrected chi connectivity index (χ0v) is 13.4. The molecule has 0 heterocycles. The lowest BCUT2D eigenvalue weighted by Gasteiger charge is -2.56. The molecular weight excluding hydrogens is 262 g/mol. The second kappa shape index (κ2) is 6.15. The minimum absolute atomic E-state index is 0.0485. The zero-order chi connectivity index (χ0) is 14.9. The number of carbonyl (C=O) groups excluding carboxylic acids is 1. The Morgan fingerprint density at radius 2 is 1.76 bits per heavy atom. The number of hydrogen-bond donors (Lipinski definition) is 3. The lowest BCUT2D eigenvalue weighted by atomic mass is 9.53. The largest absolute Gasteiger partial charge is 0.338 e. The van der Waals surface area contributed by atoms with E-state index < -0.39 is 0 Å². The molecule has 0 aromatic heterocycles. The molecular formula is C17H31N3O. The molecule has 1 atom stereocenters. The van der Waals surface area contributed by atoms with E-state index in [0.717, 1.165) is 37.1 Å². The maximum absolute atomic E-state index is 12.3. The average molecular weight is 293 g/mol. The summed E-state index contributed by atoms with van der Waals surface area (Å²) in [6, 6.07) is 0.0485. The molecule has 4 fully saturated rings. The van der Waals surface area contributed by atoms with Gasteiger partial charge < -0.3 is 16.4 Å². The van der Waals surface area contributed by atoms with E-state index in [9.17, 15) is 4.79 Å². The quantitative estimate of drug-likeness (QED) is 0.705. The van der Waals surface area contributed by atoms with Crippen LogP contribution < -0.4 is 16.4 Å².